The van der Waals surface area contributed by atoms with Crippen molar-refractivity contribution in [3.63, 3.8) is 0 Å². The fraction of sp³-hybridized carbons (Fsp3) is 0.444. The number of benzene rings is 1. The molecule has 0 saturated carbocycles. The zero-order valence-corrected chi connectivity index (χ0v) is 12.5. The molecule has 1 aromatic heterocycles. The molecule has 0 spiro atoms. The van der Waals surface area contributed by atoms with Gasteiger partial charge in [0.1, 0.15) is 0 Å². The lowest BCUT2D eigenvalue weighted by molar-refractivity contribution is 0.553. The van der Waals surface area contributed by atoms with Gasteiger partial charge in [-0.3, -0.25) is 0 Å². The Balaban J connectivity index is 1.79. The van der Waals surface area contributed by atoms with Gasteiger partial charge in [0.25, 0.3) is 0 Å². The van der Waals surface area contributed by atoms with Gasteiger partial charge in [0.05, 0.1) is 0 Å². The number of nitrogens with one attached hydrogen (secondary N) is 1. The van der Waals surface area contributed by atoms with Gasteiger partial charge >= 0.3 is 0 Å². The van der Waals surface area contributed by atoms with Crippen LogP contribution in [0.1, 0.15) is 48.7 Å². The maximum atomic E-state index is 3.49. The summed E-state index contributed by atoms with van der Waals surface area (Å²) in [7, 11) is 0. The summed E-state index contributed by atoms with van der Waals surface area (Å²) in [5, 5.41) is 3.49. The second kappa shape index (κ2) is 5.84. The molecule has 20 heavy (non-hydrogen) atoms. The van der Waals surface area contributed by atoms with E-state index in [1.807, 2.05) is 0 Å². The number of fused-ring (bicyclic) bond motifs is 1. The normalized spacial score (nSPS) is 15.3. The molecule has 3 rings (SSSR count). The third-order valence-corrected chi connectivity index (χ3v) is 4.33. The molecule has 1 aliphatic rings. The van der Waals surface area contributed by atoms with Gasteiger partial charge in [-0.1, -0.05) is 25.1 Å². The van der Waals surface area contributed by atoms with E-state index in [1.165, 1.54) is 30.5 Å². The lowest BCUT2D eigenvalue weighted by Gasteiger charge is -2.17. The third kappa shape index (κ3) is 2.66. The van der Waals surface area contributed by atoms with Gasteiger partial charge in [-0.25, -0.2) is 0 Å². The minimum atomic E-state index is 0.407. The number of aromatic nitrogens is 1. The Kier molecular flexibility index (Phi) is 3.93. The molecule has 1 atom stereocenters. The highest BCUT2D eigenvalue weighted by atomic mass is 15.0. The van der Waals surface area contributed by atoms with Gasteiger partial charge in [0.2, 0.25) is 0 Å². The van der Waals surface area contributed by atoms with Crippen LogP contribution in [0.3, 0.4) is 0 Å². The average molecular weight is 268 g/mol. The summed E-state index contributed by atoms with van der Waals surface area (Å²) in [5.74, 6) is 0. The second-order valence-corrected chi connectivity index (χ2v) is 5.80. The van der Waals surface area contributed by atoms with Crippen molar-refractivity contribution in [3.8, 4) is 0 Å². The molecule has 1 heterocycles. The van der Waals surface area contributed by atoms with Crippen molar-refractivity contribution in [1.82, 2.24) is 9.88 Å². The summed E-state index contributed by atoms with van der Waals surface area (Å²) in [6.45, 7) is 6.37. The summed E-state index contributed by atoms with van der Waals surface area (Å²) in [6, 6.07) is 11.8. The Morgan fingerprint density at radius 2 is 2.05 bits per heavy atom. The van der Waals surface area contributed by atoms with Crippen molar-refractivity contribution >= 4 is 0 Å². The zero-order chi connectivity index (χ0) is 13.9. The third-order valence-electron chi connectivity index (χ3n) is 4.33. The number of aryl methyl sites for hydroxylation is 2. The van der Waals surface area contributed by atoms with Crippen molar-refractivity contribution in [2.45, 2.75) is 45.7 Å². The summed E-state index contributed by atoms with van der Waals surface area (Å²) in [6.07, 6.45) is 6.04. The van der Waals surface area contributed by atoms with E-state index < -0.39 is 0 Å². The number of hydrogen-bond acceptors (Lipinski definition) is 1. The van der Waals surface area contributed by atoms with Gasteiger partial charge in [0, 0.05) is 24.5 Å². The lowest BCUT2D eigenvalue weighted by atomic mass is 10.1. The Hall–Kier alpha value is -1.54. The van der Waals surface area contributed by atoms with E-state index in [-0.39, 0.29) is 0 Å². The van der Waals surface area contributed by atoms with E-state index in [2.05, 4.69) is 60.3 Å². The number of nitrogens with zero attached hydrogens (tertiary/aromatic N) is 1. The number of rotatable bonds is 5. The van der Waals surface area contributed by atoms with E-state index in [0.29, 0.717) is 6.04 Å². The van der Waals surface area contributed by atoms with E-state index in [1.54, 1.807) is 11.1 Å². The Bertz CT molecular complexity index is 583. The largest absolute Gasteiger partial charge is 0.346 e. The Labute approximate surface area is 121 Å². The first kappa shape index (κ1) is 13.4. The molecule has 0 aliphatic heterocycles. The van der Waals surface area contributed by atoms with Crippen molar-refractivity contribution in [2.24, 2.45) is 0 Å². The van der Waals surface area contributed by atoms with E-state index in [9.17, 15) is 0 Å². The van der Waals surface area contributed by atoms with Crippen LogP contribution in [0.4, 0.5) is 0 Å². The van der Waals surface area contributed by atoms with Crippen molar-refractivity contribution in [2.75, 3.05) is 6.54 Å². The van der Waals surface area contributed by atoms with Crippen LogP contribution in [0.2, 0.25) is 0 Å². The second-order valence-electron chi connectivity index (χ2n) is 5.80. The predicted molar refractivity (Wildman–Crippen MR) is 84.1 cm³/mol. The topological polar surface area (TPSA) is 17.0 Å². The molecule has 0 amide bonds. The van der Waals surface area contributed by atoms with E-state index in [4.69, 9.17) is 0 Å². The molecule has 106 valence electrons. The SMILES string of the molecule is CCNC(C)c1cccn1Cc1ccc2c(c1)CCC2. The van der Waals surface area contributed by atoms with E-state index >= 15 is 0 Å². The summed E-state index contributed by atoms with van der Waals surface area (Å²) in [5.41, 5.74) is 5.91. The van der Waals surface area contributed by atoms with Gasteiger partial charge in [-0.05, 0) is 61.6 Å². The fourth-order valence-electron chi connectivity index (χ4n) is 3.30. The molecule has 0 radical (unpaired) electrons. The van der Waals surface area contributed by atoms with Crippen LogP contribution in [0.25, 0.3) is 0 Å². The molecule has 2 nitrogen and oxygen atoms in total. The monoisotopic (exact) mass is 268 g/mol. The van der Waals surface area contributed by atoms with Crippen LogP contribution in [0, 0.1) is 0 Å². The molecule has 1 unspecified atom stereocenters. The molecular formula is C18H24N2. The van der Waals surface area contributed by atoms with Crippen molar-refractivity contribution in [1.29, 1.82) is 0 Å². The molecule has 0 bridgehead atoms. The quantitative estimate of drug-likeness (QED) is 0.875. The van der Waals surface area contributed by atoms with Crippen LogP contribution in [0.15, 0.2) is 36.5 Å². The molecule has 0 saturated heterocycles. The molecule has 2 aromatic rings. The summed E-state index contributed by atoms with van der Waals surface area (Å²) >= 11 is 0. The average Bonchev–Trinajstić information content (AvgIpc) is 3.07. The van der Waals surface area contributed by atoms with Crippen LogP contribution in [0.5, 0.6) is 0 Å². The van der Waals surface area contributed by atoms with E-state index in [0.717, 1.165) is 13.1 Å². The molecule has 1 N–H and O–H groups in total. The first-order valence-corrected chi connectivity index (χ1v) is 7.77. The van der Waals surface area contributed by atoms with Crippen LogP contribution in [-0.2, 0) is 19.4 Å². The molecule has 0 fully saturated rings. The minimum Gasteiger partial charge on any atom is -0.346 e. The van der Waals surface area contributed by atoms with Crippen molar-refractivity contribution in [3.05, 3.63) is 58.9 Å². The molecule has 1 aromatic carbocycles. The van der Waals surface area contributed by atoms with Gasteiger partial charge < -0.3 is 9.88 Å². The summed E-state index contributed by atoms with van der Waals surface area (Å²) in [4.78, 5) is 0. The van der Waals surface area contributed by atoms with Crippen LogP contribution < -0.4 is 5.32 Å². The first-order chi connectivity index (χ1) is 9.78. The highest BCUT2D eigenvalue weighted by Crippen LogP contribution is 2.24. The van der Waals surface area contributed by atoms with Crippen molar-refractivity contribution < 1.29 is 0 Å². The molecule has 1 aliphatic carbocycles. The molecular weight excluding hydrogens is 244 g/mol. The highest BCUT2D eigenvalue weighted by Gasteiger charge is 2.12. The standard InChI is InChI=1S/C18H24N2/c1-3-19-14(2)18-8-5-11-20(18)13-15-9-10-16-6-4-7-17(16)12-15/h5,8-12,14,19H,3-4,6-7,13H2,1-2H3. The fourth-order valence-corrected chi connectivity index (χ4v) is 3.30. The maximum Gasteiger partial charge on any atom is 0.0473 e. The molecule has 2 heteroatoms. The van der Waals surface area contributed by atoms with Gasteiger partial charge in [-0.2, -0.15) is 0 Å². The number of hydrogen-bond donors (Lipinski definition) is 1. The maximum absolute atomic E-state index is 3.49. The smallest absolute Gasteiger partial charge is 0.0473 e. The predicted octanol–water partition coefficient (Wildman–Crippen LogP) is 3.70. The highest BCUT2D eigenvalue weighted by molar-refractivity contribution is 5.35. The van der Waals surface area contributed by atoms with Crippen LogP contribution >= 0.6 is 0 Å². The minimum absolute atomic E-state index is 0.407. The zero-order valence-electron chi connectivity index (χ0n) is 12.5. The Morgan fingerprint density at radius 3 is 2.90 bits per heavy atom. The van der Waals surface area contributed by atoms with Gasteiger partial charge in [0.15, 0.2) is 0 Å². The van der Waals surface area contributed by atoms with Gasteiger partial charge in [-0.15, -0.1) is 0 Å². The van der Waals surface area contributed by atoms with Crippen LogP contribution in [-0.4, -0.2) is 11.1 Å². The lowest BCUT2D eigenvalue weighted by Crippen LogP contribution is -2.20. The summed E-state index contributed by atoms with van der Waals surface area (Å²) < 4.78 is 2.37. The first-order valence-electron chi connectivity index (χ1n) is 7.77. The Morgan fingerprint density at radius 1 is 1.20 bits per heavy atom.